The maximum absolute atomic E-state index is 12.9. The fourth-order valence-electron chi connectivity index (χ4n) is 4.08. The molecule has 1 aromatic carbocycles. The third kappa shape index (κ3) is 4.32. The molecule has 0 aliphatic carbocycles. The summed E-state index contributed by atoms with van der Waals surface area (Å²) in [4.78, 5) is 52.5. The van der Waals surface area contributed by atoms with Crippen LogP contribution in [0.15, 0.2) is 24.3 Å². The van der Waals surface area contributed by atoms with Gasteiger partial charge in [0.1, 0.15) is 12.1 Å². The Hall–Kier alpha value is -2.90. The molecule has 2 fully saturated rings. The maximum atomic E-state index is 12.9. The molecule has 162 valence electrons. The van der Waals surface area contributed by atoms with Gasteiger partial charge in [-0.2, -0.15) is 0 Å². The van der Waals surface area contributed by atoms with E-state index in [9.17, 15) is 19.2 Å². The third-order valence-corrected chi connectivity index (χ3v) is 5.97. The molecule has 4 amide bonds. The van der Waals surface area contributed by atoms with E-state index in [1.54, 1.807) is 24.0 Å². The normalized spacial score (nSPS) is 24.0. The van der Waals surface area contributed by atoms with Gasteiger partial charge in [-0.1, -0.05) is 36.8 Å². The van der Waals surface area contributed by atoms with Crippen LogP contribution in [0.4, 0.5) is 4.79 Å². The smallest absolute Gasteiger partial charge is 0.326 e. The molecule has 0 bridgehead atoms. The molecule has 0 unspecified atom stereocenters. The zero-order valence-electron chi connectivity index (χ0n) is 17.8. The van der Waals surface area contributed by atoms with Crippen molar-refractivity contribution >= 4 is 23.8 Å². The molecule has 2 heterocycles. The van der Waals surface area contributed by atoms with E-state index in [0.29, 0.717) is 12.1 Å². The topological polar surface area (TPSA) is 96.0 Å². The molecule has 0 saturated carbocycles. The molecular weight excluding hydrogens is 386 g/mol. The van der Waals surface area contributed by atoms with Gasteiger partial charge in [-0.05, 0) is 45.1 Å². The number of esters is 1. The lowest BCUT2D eigenvalue weighted by Gasteiger charge is -2.35. The zero-order valence-corrected chi connectivity index (χ0v) is 17.8. The maximum Gasteiger partial charge on any atom is 0.326 e. The average Bonchev–Trinajstić information content (AvgIpc) is 2.96. The lowest BCUT2D eigenvalue weighted by Crippen LogP contribution is -2.46. The second kappa shape index (κ2) is 8.85. The number of benzene rings is 1. The highest BCUT2D eigenvalue weighted by Gasteiger charge is 2.49. The van der Waals surface area contributed by atoms with Crippen molar-refractivity contribution in [3.63, 3.8) is 0 Å². The fourth-order valence-corrected chi connectivity index (χ4v) is 4.08. The van der Waals surface area contributed by atoms with Gasteiger partial charge in [0, 0.05) is 12.6 Å². The molecule has 0 spiro atoms. The highest BCUT2D eigenvalue weighted by atomic mass is 16.5. The zero-order chi connectivity index (χ0) is 21.9. The average molecular weight is 415 g/mol. The first kappa shape index (κ1) is 21.8. The van der Waals surface area contributed by atoms with Gasteiger partial charge < -0.3 is 15.0 Å². The van der Waals surface area contributed by atoms with Crippen molar-refractivity contribution < 1.29 is 23.9 Å². The molecule has 3 rings (SSSR count). The van der Waals surface area contributed by atoms with E-state index < -0.39 is 30.0 Å². The predicted molar refractivity (Wildman–Crippen MR) is 109 cm³/mol. The van der Waals surface area contributed by atoms with Gasteiger partial charge in [0.2, 0.25) is 0 Å². The number of amides is 4. The first-order valence-corrected chi connectivity index (χ1v) is 10.4. The number of urea groups is 1. The lowest BCUT2D eigenvalue weighted by molar-refractivity contribution is -0.155. The van der Waals surface area contributed by atoms with E-state index in [1.165, 1.54) is 0 Å². The summed E-state index contributed by atoms with van der Waals surface area (Å²) in [5, 5.41) is 2.66. The number of aryl methyl sites for hydroxylation is 1. The number of hydrogen-bond acceptors (Lipinski definition) is 5. The molecular formula is C22H29N3O5. The standard InChI is InChI=1S/C22H29N3O5/c1-4-17-7-5-6-12-24(17)18(26)14-30-19(27)13-25-20(28)22(3,23-21(25)29)16-10-8-15(2)9-11-16/h8-11,17H,4-7,12-14H2,1-3H3,(H,23,29)/t17-,22+/m0/s1. The monoisotopic (exact) mass is 415 g/mol. The molecule has 2 aliphatic rings. The minimum atomic E-state index is -1.25. The van der Waals surface area contributed by atoms with Gasteiger partial charge in [-0.15, -0.1) is 0 Å². The van der Waals surface area contributed by atoms with Gasteiger partial charge in [-0.25, -0.2) is 4.79 Å². The number of nitrogens with one attached hydrogen (secondary N) is 1. The summed E-state index contributed by atoms with van der Waals surface area (Å²) in [5.41, 5.74) is 0.416. The SMILES string of the molecule is CC[C@H]1CCCCN1C(=O)COC(=O)CN1C(=O)N[C@](C)(c2ccc(C)cc2)C1=O. The summed E-state index contributed by atoms with van der Waals surface area (Å²) in [6, 6.07) is 6.77. The molecule has 8 nitrogen and oxygen atoms in total. The first-order valence-electron chi connectivity index (χ1n) is 10.4. The third-order valence-electron chi connectivity index (χ3n) is 5.97. The van der Waals surface area contributed by atoms with Gasteiger partial charge in [0.25, 0.3) is 11.8 Å². The second-order valence-electron chi connectivity index (χ2n) is 8.12. The summed E-state index contributed by atoms with van der Waals surface area (Å²) in [6.45, 7) is 5.32. The van der Waals surface area contributed by atoms with Crippen molar-refractivity contribution in [1.29, 1.82) is 0 Å². The quantitative estimate of drug-likeness (QED) is 0.567. The molecule has 8 heteroatoms. The van der Waals surface area contributed by atoms with Crippen LogP contribution in [0, 0.1) is 6.92 Å². The second-order valence-corrected chi connectivity index (χ2v) is 8.12. The number of rotatable bonds is 6. The van der Waals surface area contributed by atoms with Crippen molar-refractivity contribution in [2.75, 3.05) is 19.7 Å². The van der Waals surface area contributed by atoms with Crippen LogP contribution in [0.3, 0.4) is 0 Å². The molecule has 0 aromatic heterocycles. The highest BCUT2D eigenvalue weighted by molar-refractivity contribution is 6.08. The van der Waals surface area contributed by atoms with Crippen LogP contribution in [0.5, 0.6) is 0 Å². The van der Waals surface area contributed by atoms with Crippen molar-refractivity contribution in [2.45, 2.75) is 58.0 Å². The van der Waals surface area contributed by atoms with Crippen molar-refractivity contribution in [2.24, 2.45) is 0 Å². The summed E-state index contributed by atoms with van der Waals surface area (Å²) >= 11 is 0. The fraction of sp³-hybridized carbons (Fsp3) is 0.545. The highest BCUT2D eigenvalue weighted by Crippen LogP contribution is 2.29. The Balaban J connectivity index is 1.58. The Labute approximate surface area is 176 Å². The van der Waals surface area contributed by atoms with E-state index in [-0.39, 0.29) is 18.6 Å². The van der Waals surface area contributed by atoms with Gasteiger partial charge in [-0.3, -0.25) is 19.3 Å². The van der Waals surface area contributed by atoms with Crippen molar-refractivity contribution in [3.8, 4) is 0 Å². The molecule has 1 aromatic rings. The minimum absolute atomic E-state index is 0.172. The van der Waals surface area contributed by atoms with E-state index >= 15 is 0 Å². The summed E-state index contributed by atoms with van der Waals surface area (Å²) < 4.78 is 5.09. The summed E-state index contributed by atoms with van der Waals surface area (Å²) in [7, 11) is 0. The van der Waals surface area contributed by atoms with Gasteiger partial charge >= 0.3 is 12.0 Å². The van der Waals surface area contributed by atoms with Crippen LogP contribution in [0.25, 0.3) is 0 Å². The summed E-state index contributed by atoms with van der Waals surface area (Å²) in [6.07, 6.45) is 3.85. The molecule has 0 radical (unpaired) electrons. The molecule has 2 aliphatic heterocycles. The van der Waals surface area contributed by atoms with Crippen LogP contribution in [-0.2, 0) is 24.7 Å². The number of hydrogen-bond donors (Lipinski definition) is 1. The van der Waals surface area contributed by atoms with Crippen molar-refractivity contribution in [1.82, 2.24) is 15.1 Å². The van der Waals surface area contributed by atoms with Crippen LogP contribution < -0.4 is 5.32 Å². The number of imide groups is 1. The van der Waals surface area contributed by atoms with Crippen LogP contribution >= 0.6 is 0 Å². The lowest BCUT2D eigenvalue weighted by atomic mass is 9.91. The Morgan fingerprint density at radius 1 is 1.20 bits per heavy atom. The Morgan fingerprint density at radius 2 is 1.90 bits per heavy atom. The van der Waals surface area contributed by atoms with E-state index in [4.69, 9.17) is 4.74 Å². The molecule has 1 N–H and O–H groups in total. The van der Waals surface area contributed by atoms with Crippen LogP contribution in [0.2, 0.25) is 0 Å². The Kier molecular flexibility index (Phi) is 6.43. The number of carbonyl (C=O) groups is 4. The molecule has 2 atom stereocenters. The van der Waals surface area contributed by atoms with Gasteiger partial charge in [0.15, 0.2) is 6.61 Å². The summed E-state index contributed by atoms with van der Waals surface area (Å²) in [5.74, 6) is -1.55. The number of nitrogens with zero attached hydrogens (tertiary/aromatic N) is 2. The van der Waals surface area contributed by atoms with Crippen LogP contribution in [-0.4, -0.2) is 59.4 Å². The van der Waals surface area contributed by atoms with Crippen LogP contribution in [0.1, 0.15) is 50.7 Å². The number of ether oxygens (including phenoxy) is 1. The van der Waals surface area contributed by atoms with E-state index in [1.807, 2.05) is 26.0 Å². The first-order chi connectivity index (χ1) is 14.3. The van der Waals surface area contributed by atoms with E-state index in [0.717, 1.165) is 36.1 Å². The Bertz CT molecular complexity index is 838. The number of carbonyl (C=O) groups excluding carboxylic acids is 4. The minimum Gasteiger partial charge on any atom is -0.454 e. The number of likely N-dealkylation sites (tertiary alicyclic amines) is 1. The predicted octanol–water partition coefficient (Wildman–Crippen LogP) is 2.10. The van der Waals surface area contributed by atoms with Crippen molar-refractivity contribution in [3.05, 3.63) is 35.4 Å². The molecule has 30 heavy (non-hydrogen) atoms. The Morgan fingerprint density at radius 3 is 2.57 bits per heavy atom. The molecule has 2 saturated heterocycles. The number of piperidine rings is 1. The van der Waals surface area contributed by atoms with Gasteiger partial charge in [0.05, 0.1) is 0 Å². The van der Waals surface area contributed by atoms with E-state index in [2.05, 4.69) is 5.32 Å². The largest absolute Gasteiger partial charge is 0.454 e.